The van der Waals surface area contributed by atoms with Gasteiger partial charge in [-0.2, -0.15) is 0 Å². The first-order valence-electron chi connectivity index (χ1n) is 6.04. The van der Waals surface area contributed by atoms with Crippen LogP contribution in [0.1, 0.15) is 42.1 Å². The van der Waals surface area contributed by atoms with Gasteiger partial charge in [-0.25, -0.2) is 9.78 Å². The van der Waals surface area contributed by atoms with Crippen LogP contribution in [0.4, 0.5) is 0 Å². The van der Waals surface area contributed by atoms with Crippen LogP contribution < -0.4 is 0 Å². The Morgan fingerprint density at radius 1 is 1.61 bits per heavy atom. The molecule has 1 aromatic heterocycles. The fourth-order valence-corrected chi connectivity index (χ4v) is 2.77. The van der Waals surface area contributed by atoms with E-state index in [2.05, 4.69) is 4.98 Å². The summed E-state index contributed by atoms with van der Waals surface area (Å²) in [5, 5.41) is 9.10. The van der Waals surface area contributed by atoms with E-state index in [0.29, 0.717) is 11.3 Å². The number of nitrogens with zero attached hydrogens (tertiary/aromatic N) is 2. The molecule has 0 spiro atoms. The molecule has 98 valence electrons. The largest absolute Gasteiger partial charge is 0.480 e. The van der Waals surface area contributed by atoms with Crippen LogP contribution in [0.25, 0.3) is 0 Å². The van der Waals surface area contributed by atoms with Gasteiger partial charge in [-0.1, -0.05) is 6.92 Å². The van der Waals surface area contributed by atoms with Crippen molar-refractivity contribution in [1.29, 1.82) is 0 Å². The Labute approximate surface area is 109 Å². The third-order valence-electron chi connectivity index (χ3n) is 3.12. The Kier molecular flexibility index (Phi) is 3.65. The molecule has 0 aliphatic heterocycles. The van der Waals surface area contributed by atoms with E-state index in [1.54, 1.807) is 12.4 Å². The lowest BCUT2D eigenvalue weighted by molar-refractivity contribution is -0.141. The molecule has 2 rings (SSSR count). The molecule has 18 heavy (non-hydrogen) atoms. The van der Waals surface area contributed by atoms with Gasteiger partial charge >= 0.3 is 5.97 Å². The second kappa shape index (κ2) is 5.06. The quantitative estimate of drug-likeness (QED) is 0.883. The van der Waals surface area contributed by atoms with Crippen LogP contribution in [0.15, 0.2) is 5.51 Å². The molecule has 6 heteroatoms. The highest BCUT2D eigenvalue weighted by Gasteiger charge is 2.39. The van der Waals surface area contributed by atoms with Gasteiger partial charge in [-0.15, -0.1) is 11.3 Å². The number of thiazole rings is 1. The topological polar surface area (TPSA) is 70.5 Å². The van der Waals surface area contributed by atoms with E-state index >= 15 is 0 Å². The minimum Gasteiger partial charge on any atom is -0.480 e. The number of aromatic nitrogens is 1. The molecule has 1 heterocycles. The number of rotatable bonds is 5. The normalized spacial score (nSPS) is 16.3. The van der Waals surface area contributed by atoms with Crippen molar-refractivity contribution in [2.24, 2.45) is 0 Å². The first-order chi connectivity index (χ1) is 8.56. The third kappa shape index (κ3) is 2.38. The number of aryl methyl sites for hydroxylation is 1. The molecule has 1 saturated carbocycles. The zero-order chi connectivity index (χ0) is 13.3. The molecular weight excluding hydrogens is 252 g/mol. The van der Waals surface area contributed by atoms with Gasteiger partial charge in [0.1, 0.15) is 10.9 Å². The highest BCUT2D eigenvalue weighted by Crippen LogP contribution is 2.31. The lowest BCUT2D eigenvalue weighted by Gasteiger charge is -2.26. The van der Waals surface area contributed by atoms with Crippen molar-refractivity contribution in [3.8, 4) is 0 Å². The third-order valence-corrected chi connectivity index (χ3v) is 3.98. The molecule has 1 aliphatic carbocycles. The summed E-state index contributed by atoms with van der Waals surface area (Å²) in [5.74, 6) is -1.15. The van der Waals surface area contributed by atoms with Gasteiger partial charge in [0.15, 0.2) is 0 Å². The number of carboxylic acids is 1. The fourth-order valence-electron chi connectivity index (χ4n) is 1.94. The van der Waals surface area contributed by atoms with E-state index < -0.39 is 12.0 Å². The Bertz CT molecular complexity index is 468. The van der Waals surface area contributed by atoms with Gasteiger partial charge in [0.2, 0.25) is 0 Å². The van der Waals surface area contributed by atoms with Gasteiger partial charge in [0.05, 0.1) is 11.2 Å². The van der Waals surface area contributed by atoms with E-state index in [1.807, 2.05) is 6.92 Å². The average molecular weight is 268 g/mol. The molecule has 1 fully saturated rings. The van der Waals surface area contributed by atoms with E-state index in [1.165, 1.54) is 16.2 Å². The smallest absolute Gasteiger partial charge is 0.326 e. The monoisotopic (exact) mass is 268 g/mol. The van der Waals surface area contributed by atoms with Gasteiger partial charge in [0, 0.05) is 6.04 Å². The average Bonchev–Trinajstić information content (AvgIpc) is 3.05. The van der Waals surface area contributed by atoms with Crippen molar-refractivity contribution in [3.63, 3.8) is 0 Å². The lowest BCUT2D eigenvalue weighted by atomic mass is 10.2. The summed E-state index contributed by atoms with van der Waals surface area (Å²) in [6, 6.07) is -0.702. The maximum atomic E-state index is 12.4. The van der Waals surface area contributed by atoms with E-state index in [9.17, 15) is 9.59 Å². The Balaban J connectivity index is 2.26. The van der Waals surface area contributed by atoms with Crippen molar-refractivity contribution in [3.05, 3.63) is 16.1 Å². The first-order valence-corrected chi connectivity index (χ1v) is 6.92. The van der Waals surface area contributed by atoms with Gasteiger partial charge in [-0.05, 0) is 26.2 Å². The maximum Gasteiger partial charge on any atom is 0.326 e. The number of carbonyl (C=O) groups excluding carboxylic acids is 1. The van der Waals surface area contributed by atoms with Crippen LogP contribution in [0.3, 0.4) is 0 Å². The van der Waals surface area contributed by atoms with Gasteiger partial charge < -0.3 is 10.0 Å². The molecule has 5 nitrogen and oxygen atoms in total. The van der Waals surface area contributed by atoms with Gasteiger partial charge in [-0.3, -0.25) is 4.79 Å². The van der Waals surface area contributed by atoms with Crippen molar-refractivity contribution in [1.82, 2.24) is 9.88 Å². The molecule has 1 aromatic rings. The van der Waals surface area contributed by atoms with Gasteiger partial charge in [0.25, 0.3) is 5.91 Å². The number of hydrogen-bond acceptors (Lipinski definition) is 4. The predicted octanol–water partition coefficient (Wildman–Crippen LogP) is 1.78. The standard InChI is InChI=1S/C12H16N2O3S/c1-3-9-10(18-6-13-9)11(15)14(8-4-5-8)7(2)12(16)17/h6-8H,3-5H2,1-2H3,(H,16,17). The summed E-state index contributed by atoms with van der Waals surface area (Å²) >= 11 is 1.29. The second-order valence-corrected chi connectivity index (χ2v) is 5.29. The molecule has 1 unspecified atom stereocenters. The van der Waals surface area contributed by atoms with Crippen LogP contribution in [0, 0.1) is 0 Å². The predicted molar refractivity (Wildman–Crippen MR) is 67.8 cm³/mol. The molecular formula is C12H16N2O3S. The number of hydrogen-bond donors (Lipinski definition) is 1. The zero-order valence-electron chi connectivity index (χ0n) is 10.4. The van der Waals surface area contributed by atoms with E-state index in [0.717, 1.165) is 18.5 Å². The van der Waals surface area contributed by atoms with Crippen LogP contribution in [-0.4, -0.2) is 39.0 Å². The number of carboxylic acid groups (broad SMARTS) is 1. The van der Waals surface area contributed by atoms with Crippen LogP contribution in [0.5, 0.6) is 0 Å². The summed E-state index contributed by atoms with van der Waals surface area (Å²) < 4.78 is 0. The molecule has 0 saturated heterocycles. The van der Waals surface area contributed by atoms with Crippen molar-refractivity contribution in [2.75, 3.05) is 0 Å². The molecule has 1 N–H and O–H groups in total. The summed E-state index contributed by atoms with van der Waals surface area (Å²) in [6.07, 6.45) is 2.47. The van der Waals surface area contributed by atoms with Crippen molar-refractivity contribution >= 4 is 23.2 Å². The van der Waals surface area contributed by atoms with Crippen LogP contribution >= 0.6 is 11.3 Å². The fraction of sp³-hybridized carbons (Fsp3) is 0.583. The highest BCUT2D eigenvalue weighted by atomic mass is 32.1. The summed E-state index contributed by atoms with van der Waals surface area (Å²) in [4.78, 5) is 29.8. The summed E-state index contributed by atoms with van der Waals surface area (Å²) in [7, 11) is 0. The minimum atomic E-state index is -0.960. The van der Waals surface area contributed by atoms with Crippen LogP contribution in [0.2, 0.25) is 0 Å². The van der Waals surface area contributed by atoms with Crippen molar-refractivity contribution in [2.45, 2.75) is 45.2 Å². The first kappa shape index (κ1) is 13.0. The maximum absolute atomic E-state index is 12.4. The molecule has 1 aliphatic rings. The SMILES string of the molecule is CCc1ncsc1C(=O)N(C1CC1)C(C)C(=O)O. The van der Waals surface area contributed by atoms with E-state index in [-0.39, 0.29) is 11.9 Å². The Morgan fingerprint density at radius 2 is 2.28 bits per heavy atom. The van der Waals surface area contributed by atoms with E-state index in [4.69, 9.17) is 5.11 Å². The molecule has 0 aromatic carbocycles. The summed E-state index contributed by atoms with van der Waals surface area (Å²) in [5.41, 5.74) is 2.40. The molecule has 1 atom stereocenters. The zero-order valence-corrected chi connectivity index (χ0v) is 11.2. The molecule has 1 amide bonds. The highest BCUT2D eigenvalue weighted by molar-refractivity contribution is 7.11. The molecule has 0 radical (unpaired) electrons. The Morgan fingerprint density at radius 3 is 2.78 bits per heavy atom. The minimum absolute atomic E-state index is 0.0791. The number of amides is 1. The molecule has 0 bridgehead atoms. The second-order valence-electron chi connectivity index (χ2n) is 4.44. The number of aliphatic carboxylic acids is 1. The lowest BCUT2D eigenvalue weighted by Crippen LogP contribution is -2.44. The Hall–Kier alpha value is -1.43. The van der Waals surface area contributed by atoms with Crippen LogP contribution in [-0.2, 0) is 11.2 Å². The summed E-state index contributed by atoms with van der Waals surface area (Å²) in [6.45, 7) is 3.50. The number of carbonyl (C=O) groups is 2. The van der Waals surface area contributed by atoms with Crippen molar-refractivity contribution < 1.29 is 14.7 Å².